The van der Waals surface area contributed by atoms with Crippen molar-refractivity contribution in [3.05, 3.63) is 58.2 Å². The van der Waals surface area contributed by atoms with Gasteiger partial charge in [0.1, 0.15) is 5.15 Å². The van der Waals surface area contributed by atoms with Gasteiger partial charge in [0.15, 0.2) is 0 Å². The molecule has 7 heteroatoms. The Bertz CT molecular complexity index is 795. The number of hydrogen-bond acceptors (Lipinski definition) is 5. The number of pyridine rings is 1. The van der Waals surface area contributed by atoms with E-state index < -0.39 is 6.04 Å². The molecular formula is C19H21ClN2O4. The maximum absolute atomic E-state index is 12.7. The lowest BCUT2D eigenvalue weighted by molar-refractivity contribution is -0.143. The molecule has 2 rings (SSSR count). The smallest absolute Gasteiger partial charge is 0.308 e. The van der Waals surface area contributed by atoms with Crippen LogP contribution in [-0.4, -0.2) is 30.6 Å². The maximum Gasteiger partial charge on any atom is 0.308 e. The number of carbonyl (C=O) groups is 2. The van der Waals surface area contributed by atoms with Crippen LogP contribution in [-0.2, 0) is 9.53 Å². The van der Waals surface area contributed by atoms with Crippen LogP contribution in [0.15, 0.2) is 36.4 Å². The molecule has 1 aromatic heterocycles. The molecule has 1 N–H and O–H groups in total. The molecule has 26 heavy (non-hydrogen) atoms. The number of benzene rings is 1. The number of aromatic nitrogens is 1. The van der Waals surface area contributed by atoms with Crippen LogP contribution in [0.5, 0.6) is 5.88 Å². The summed E-state index contributed by atoms with van der Waals surface area (Å²) in [6.07, 6.45) is 0.0282. The normalized spacial score (nSPS) is 11.5. The number of carbonyl (C=O) groups excluding carboxylic acids is 2. The second kappa shape index (κ2) is 9.20. The van der Waals surface area contributed by atoms with E-state index in [1.54, 1.807) is 6.92 Å². The van der Waals surface area contributed by atoms with Gasteiger partial charge in [0.05, 0.1) is 26.2 Å². The average Bonchev–Trinajstić information content (AvgIpc) is 2.61. The van der Waals surface area contributed by atoms with Crippen LogP contribution < -0.4 is 10.1 Å². The topological polar surface area (TPSA) is 77.5 Å². The van der Waals surface area contributed by atoms with E-state index in [4.69, 9.17) is 21.1 Å². The summed E-state index contributed by atoms with van der Waals surface area (Å²) >= 11 is 5.93. The Kier molecular flexibility index (Phi) is 6.97. The molecule has 0 saturated heterocycles. The van der Waals surface area contributed by atoms with Crippen molar-refractivity contribution in [3.63, 3.8) is 0 Å². The van der Waals surface area contributed by atoms with Crippen molar-refractivity contribution < 1.29 is 19.1 Å². The Morgan fingerprint density at radius 3 is 2.65 bits per heavy atom. The second-order valence-electron chi connectivity index (χ2n) is 5.61. The molecule has 0 aliphatic rings. The highest BCUT2D eigenvalue weighted by atomic mass is 35.5. The number of ether oxygens (including phenoxy) is 2. The first-order chi connectivity index (χ1) is 12.4. The summed E-state index contributed by atoms with van der Waals surface area (Å²) in [7, 11) is 1.44. The molecule has 0 bridgehead atoms. The Morgan fingerprint density at radius 2 is 2.00 bits per heavy atom. The highest BCUT2D eigenvalue weighted by Gasteiger charge is 2.22. The zero-order chi connectivity index (χ0) is 19.1. The molecule has 1 heterocycles. The van der Waals surface area contributed by atoms with Gasteiger partial charge in [0.25, 0.3) is 5.91 Å². The van der Waals surface area contributed by atoms with Crippen LogP contribution in [0.4, 0.5) is 0 Å². The summed E-state index contributed by atoms with van der Waals surface area (Å²) in [4.78, 5) is 28.6. The minimum absolute atomic E-state index is 0.0282. The molecule has 0 radical (unpaired) electrons. The first-order valence-electron chi connectivity index (χ1n) is 8.18. The van der Waals surface area contributed by atoms with Gasteiger partial charge in [-0.05, 0) is 31.0 Å². The molecule has 0 fully saturated rings. The van der Waals surface area contributed by atoms with Gasteiger partial charge in [0, 0.05) is 11.6 Å². The third kappa shape index (κ3) is 5.20. The van der Waals surface area contributed by atoms with Gasteiger partial charge in [-0.2, -0.15) is 0 Å². The zero-order valence-corrected chi connectivity index (χ0v) is 15.7. The van der Waals surface area contributed by atoms with E-state index in [0.29, 0.717) is 5.56 Å². The molecule has 0 saturated carbocycles. The lowest BCUT2D eigenvalue weighted by atomic mass is 9.98. The number of aryl methyl sites for hydroxylation is 1. The van der Waals surface area contributed by atoms with Gasteiger partial charge < -0.3 is 14.8 Å². The van der Waals surface area contributed by atoms with Crippen LogP contribution >= 0.6 is 11.6 Å². The van der Waals surface area contributed by atoms with Gasteiger partial charge in [-0.1, -0.05) is 35.9 Å². The van der Waals surface area contributed by atoms with Crippen molar-refractivity contribution in [1.82, 2.24) is 10.3 Å². The molecule has 138 valence electrons. The fourth-order valence-electron chi connectivity index (χ4n) is 2.55. The number of nitrogens with one attached hydrogen (secondary N) is 1. The van der Waals surface area contributed by atoms with E-state index in [-0.39, 0.29) is 35.9 Å². The first kappa shape index (κ1) is 19.7. The van der Waals surface area contributed by atoms with Gasteiger partial charge in [-0.25, -0.2) is 4.98 Å². The van der Waals surface area contributed by atoms with Crippen molar-refractivity contribution in [2.45, 2.75) is 26.3 Å². The van der Waals surface area contributed by atoms with Gasteiger partial charge >= 0.3 is 5.97 Å². The minimum atomic E-state index is -0.527. The zero-order valence-electron chi connectivity index (χ0n) is 14.9. The molecule has 6 nitrogen and oxygen atoms in total. The molecule has 1 unspecified atom stereocenters. The Balaban J connectivity index is 2.28. The van der Waals surface area contributed by atoms with Crippen molar-refractivity contribution in [3.8, 4) is 5.88 Å². The van der Waals surface area contributed by atoms with Crippen molar-refractivity contribution in [1.29, 1.82) is 0 Å². The summed E-state index contributed by atoms with van der Waals surface area (Å²) in [5.41, 5.74) is 2.11. The summed E-state index contributed by atoms with van der Waals surface area (Å²) < 4.78 is 10.1. The molecule has 1 aromatic carbocycles. The fourth-order valence-corrected chi connectivity index (χ4v) is 2.75. The molecular weight excluding hydrogens is 356 g/mol. The number of esters is 1. The van der Waals surface area contributed by atoms with Gasteiger partial charge in [-0.15, -0.1) is 0 Å². The maximum atomic E-state index is 12.7. The predicted molar refractivity (Wildman–Crippen MR) is 98.4 cm³/mol. The lowest BCUT2D eigenvalue weighted by Gasteiger charge is -2.20. The highest BCUT2D eigenvalue weighted by Crippen LogP contribution is 2.23. The largest absolute Gasteiger partial charge is 0.481 e. The highest BCUT2D eigenvalue weighted by molar-refractivity contribution is 6.29. The van der Waals surface area contributed by atoms with E-state index in [1.165, 1.54) is 19.2 Å². The number of rotatable bonds is 7. The molecule has 2 aromatic rings. The fraction of sp³-hybridized carbons (Fsp3) is 0.316. The van der Waals surface area contributed by atoms with Crippen molar-refractivity contribution >= 4 is 23.5 Å². The SMILES string of the molecule is CCOC(=O)CC(NC(=O)c1cc(Cl)nc(OC)c1)c1ccccc1C. The van der Waals surface area contributed by atoms with Gasteiger partial charge in [0.2, 0.25) is 5.88 Å². The molecule has 0 spiro atoms. The number of halogens is 1. The van der Waals surface area contributed by atoms with Crippen molar-refractivity contribution in [2.24, 2.45) is 0 Å². The van der Waals surface area contributed by atoms with E-state index in [2.05, 4.69) is 10.3 Å². The van der Waals surface area contributed by atoms with E-state index >= 15 is 0 Å². The Morgan fingerprint density at radius 1 is 1.27 bits per heavy atom. The van der Waals surface area contributed by atoms with Crippen LogP contribution in [0.2, 0.25) is 5.15 Å². The first-order valence-corrected chi connectivity index (χ1v) is 8.56. The third-order valence-electron chi connectivity index (χ3n) is 3.79. The molecule has 0 aliphatic carbocycles. The monoisotopic (exact) mass is 376 g/mol. The van der Waals surface area contributed by atoms with Gasteiger partial charge in [-0.3, -0.25) is 9.59 Å². The van der Waals surface area contributed by atoms with Crippen LogP contribution in [0, 0.1) is 6.92 Å². The van der Waals surface area contributed by atoms with E-state index in [1.807, 2.05) is 31.2 Å². The molecule has 1 atom stereocenters. The number of methoxy groups -OCH3 is 1. The summed E-state index contributed by atoms with van der Waals surface area (Å²) in [6.45, 7) is 3.95. The van der Waals surface area contributed by atoms with E-state index in [0.717, 1.165) is 11.1 Å². The second-order valence-corrected chi connectivity index (χ2v) is 6.00. The van der Waals surface area contributed by atoms with Crippen molar-refractivity contribution in [2.75, 3.05) is 13.7 Å². The predicted octanol–water partition coefficient (Wildman–Crippen LogP) is 3.48. The number of nitrogens with zero attached hydrogens (tertiary/aromatic N) is 1. The summed E-state index contributed by atoms with van der Waals surface area (Å²) in [6, 6.07) is 9.96. The average molecular weight is 377 g/mol. The van der Waals surface area contributed by atoms with Crippen LogP contribution in [0.1, 0.15) is 40.9 Å². The minimum Gasteiger partial charge on any atom is -0.481 e. The number of amides is 1. The van der Waals surface area contributed by atoms with E-state index in [9.17, 15) is 9.59 Å². The number of hydrogen-bond donors (Lipinski definition) is 1. The van der Waals surface area contributed by atoms with Crippen LogP contribution in [0.25, 0.3) is 0 Å². The quantitative estimate of drug-likeness (QED) is 0.591. The standard InChI is InChI=1S/C19H21ClN2O4/c1-4-26-18(23)11-15(14-8-6-5-7-12(14)2)21-19(24)13-9-16(20)22-17(10-13)25-3/h5-10,15H,4,11H2,1-3H3,(H,21,24). The third-order valence-corrected chi connectivity index (χ3v) is 3.98. The summed E-state index contributed by atoms with van der Waals surface area (Å²) in [5, 5.41) is 3.02. The Hall–Kier alpha value is -2.60. The summed E-state index contributed by atoms with van der Waals surface area (Å²) in [5.74, 6) is -0.531. The molecule has 1 amide bonds. The lowest BCUT2D eigenvalue weighted by Crippen LogP contribution is -2.31. The Labute approximate surface area is 157 Å². The molecule has 0 aliphatic heterocycles. The van der Waals surface area contributed by atoms with Crippen LogP contribution in [0.3, 0.4) is 0 Å².